The minimum Gasteiger partial charge on any atom is -0.309 e. The van der Waals surface area contributed by atoms with Crippen molar-refractivity contribution in [1.29, 1.82) is 0 Å². The molecular weight excluding hydrogens is 779 g/mol. The molecule has 0 saturated carbocycles. The Morgan fingerprint density at radius 1 is 0.297 bits per heavy atom. The molecule has 0 saturated heterocycles. The van der Waals surface area contributed by atoms with Crippen LogP contribution in [-0.4, -0.2) is 24.1 Å². The average molecular weight is 816 g/mol. The number of fused-ring (bicyclic) bond motifs is 9. The quantitative estimate of drug-likeness (QED) is 0.168. The van der Waals surface area contributed by atoms with Gasteiger partial charge in [0.2, 0.25) is 0 Å². The van der Waals surface area contributed by atoms with Crippen LogP contribution in [0, 0.1) is 0 Å². The molecule has 0 fully saturated rings. The largest absolute Gasteiger partial charge is 0.309 e. The molecule has 10 aromatic carbocycles. The summed E-state index contributed by atoms with van der Waals surface area (Å²) in [5.41, 5.74) is 11.8. The summed E-state index contributed by atoms with van der Waals surface area (Å²) in [7, 11) is 0. The van der Waals surface area contributed by atoms with Crippen LogP contribution in [0.5, 0.6) is 0 Å². The van der Waals surface area contributed by atoms with Crippen LogP contribution >= 0.6 is 0 Å². The summed E-state index contributed by atoms with van der Waals surface area (Å²) in [4.78, 5) is 15.9. The monoisotopic (exact) mass is 815 g/mol. The Labute approximate surface area is 368 Å². The lowest BCUT2D eigenvalue weighted by Gasteiger charge is -2.15. The molecule has 0 aliphatic carbocycles. The SMILES string of the molecule is c1ccc(-c2ccc(-n3c4ccccc4c4c3ccc3c5ccccc5n(-c5ccccc5-c5nc(-c6ccc7ccccc7c6)nc(-c6ccc7ccccc7c6)n5)c34)cc2)cc1. The molecule has 64 heavy (non-hydrogen) atoms. The Kier molecular flexibility index (Phi) is 8.15. The smallest absolute Gasteiger partial charge is 0.166 e. The van der Waals surface area contributed by atoms with Crippen LogP contribution < -0.4 is 0 Å². The van der Waals surface area contributed by atoms with Gasteiger partial charge in [-0.15, -0.1) is 0 Å². The molecule has 0 unspecified atom stereocenters. The van der Waals surface area contributed by atoms with Gasteiger partial charge in [0, 0.05) is 43.9 Å². The van der Waals surface area contributed by atoms with Crippen LogP contribution in [0.4, 0.5) is 0 Å². The van der Waals surface area contributed by atoms with E-state index in [-0.39, 0.29) is 0 Å². The van der Waals surface area contributed by atoms with E-state index in [0.29, 0.717) is 17.5 Å². The highest BCUT2D eigenvalue weighted by Gasteiger charge is 2.23. The lowest BCUT2D eigenvalue weighted by atomic mass is 10.1. The van der Waals surface area contributed by atoms with Gasteiger partial charge in [0.1, 0.15) is 0 Å². The van der Waals surface area contributed by atoms with Crippen molar-refractivity contribution >= 4 is 65.2 Å². The van der Waals surface area contributed by atoms with Gasteiger partial charge in [0.25, 0.3) is 0 Å². The second-order valence-electron chi connectivity index (χ2n) is 16.4. The molecule has 3 heterocycles. The fourth-order valence-corrected chi connectivity index (χ4v) is 9.74. The molecule has 0 radical (unpaired) electrons. The zero-order valence-corrected chi connectivity index (χ0v) is 34.6. The van der Waals surface area contributed by atoms with E-state index in [1.165, 1.54) is 43.4 Å². The number of hydrogen-bond donors (Lipinski definition) is 0. The first-order valence-electron chi connectivity index (χ1n) is 21.7. The predicted octanol–water partition coefficient (Wildman–Crippen LogP) is 15.0. The van der Waals surface area contributed by atoms with Crippen molar-refractivity contribution in [3.8, 4) is 56.7 Å². The van der Waals surface area contributed by atoms with E-state index in [9.17, 15) is 0 Å². The van der Waals surface area contributed by atoms with E-state index in [0.717, 1.165) is 60.9 Å². The molecule has 3 aromatic heterocycles. The molecule has 0 bridgehead atoms. The standard InChI is InChI=1S/C59H37N5/c1-2-14-38(15-3-1)41-30-32-46(33-31-41)63-52-24-12-9-21-49(52)55-54(63)35-34-48-47-20-8-11-23-51(47)64(56(48)55)53-25-13-10-22-50(53)59-61-57(44-28-26-39-16-4-6-18-42(39)36-44)60-58(62-59)45-29-27-40-17-5-7-19-43(40)37-45/h1-37H. The van der Waals surface area contributed by atoms with E-state index >= 15 is 0 Å². The van der Waals surface area contributed by atoms with E-state index in [4.69, 9.17) is 15.0 Å². The van der Waals surface area contributed by atoms with E-state index in [1.54, 1.807) is 0 Å². The van der Waals surface area contributed by atoms with Gasteiger partial charge in [-0.25, -0.2) is 15.0 Å². The van der Waals surface area contributed by atoms with Crippen LogP contribution in [0.2, 0.25) is 0 Å². The van der Waals surface area contributed by atoms with Gasteiger partial charge < -0.3 is 9.13 Å². The Morgan fingerprint density at radius 3 is 1.50 bits per heavy atom. The van der Waals surface area contributed by atoms with Gasteiger partial charge in [0.05, 0.1) is 27.8 Å². The number of para-hydroxylation sites is 3. The molecule has 0 aliphatic rings. The molecule has 0 aliphatic heterocycles. The van der Waals surface area contributed by atoms with Crippen molar-refractivity contribution in [2.45, 2.75) is 0 Å². The first-order chi connectivity index (χ1) is 31.7. The zero-order valence-electron chi connectivity index (χ0n) is 34.6. The third-order valence-electron chi connectivity index (χ3n) is 12.7. The molecule has 0 atom stereocenters. The summed E-state index contributed by atoms with van der Waals surface area (Å²) in [5.74, 6) is 1.86. The molecule has 13 aromatic rings. The van der Waals surface area contributed by atoms with Gasteiger partial charge in [-0.3, -0.25) is 0 Å². The number of rotatable bonds is 6. The second-order valence-corrected chi connectivity index (χ2v) is 16.4. The normalized spacial score (nSPS) is 11.8. The Hall–Kier alpha value is -8.67. The van der Waals surface area contributed by atoms with E-state index < -0.39 is 0 Å². The zero-order chi connectivity index (χ0) is 42.1. The topological polar surface area (TPSA) is 48.5 Å². The summed E-state index contributed by atoms with van der Waals surface area (Å²) in [6.45, 7) is 0. The maximum absolute atomic E-state index is 5.34. The fraction of sp³-hybridized carbons (Fsp3) is 0. The maximum Gasteiger partial charge on any atom is 0.166 e. The van der Waals surface area contributed by atoms with Gasteiger partial charge in [-0.2, -0.15) is 0 Å². The molecule has 0 amide bonds. The van der Waals surface area contributed by atoms with Crippen molar-refractivity contribution < 1.29 is 0 Å². The Morgan fingerprint density at radius 2 is 0.812 bits per heavy atom. The summed E-state index contributed by atoms with van der Waals surface area (Å²) in [5, 5.41) is 9.36. The van der Waals surface area contributed by atoms with Crippen LogP contribution in [0.3, 0.4) is 0 Å². The van der Waals surface area contributed by atoms with Crippen molar-refractivity contribution in [2.24, 2.45) is 0 Å². The van der Waals surface area contributed by atoms with Crippen LogP contribution in [0.15, 0.2) is 224 Å². The highest BCUT2D eigenvalue weighted by Crippen LogP contribution is 2.43. The van der Waals surface area contributed by atoms with Crippen molar-refractivity contribution in [3.05, 3.63) is 224 Å². The first-order valence-corrected chi connectivity index (χ1v) is 21.7. The third kappa shape index (κ3) is 5.75. The highest BCUT2D eigenvalue weighted by atomic mass is 15.1. The van der Waals surface area contributed by atoms with Crippen molar-refractivity contribution in [3.63, 3.8) is 0 Å². The second kappa shape index (κ2) is 14.5. The minimum atomic E-state index is 0.607. The molecular formula is C59H37N5. The Bertz CT molecular complexity index is 3860. The minimum absolute atomic E-state index is 0.607. The summed E-state index contributed by atoms with van der Waals surface area (Å²) in [6, 6.07) is 79.9. The van der Waals surface area contributed by atoms with Crippen LogP contribution in [0.1, 0.15) is 0 Å². The number of hydrogen-bond acceptors (Lipinski definition) is 3. The van der Waals surface area contributed by atoms with Gasteiger partial charge in [0.15, 0.2) is 17.5 Å². The molecule has 13 rings (SSSR count). The number of benzene rings is 10. The average Bonchev–Trinajstić information content (AvgIpc) is 3.89. The first kappa shape index (κ1) is 36.0. The Balaban J connectivity index is 1.07. The van der Waals surface area contributed by atoms with Gasteiger partial charge in [-0.1, -0.05) is 170 Å². The summed E-state index contributed by atoms with van der Waals surface area (Å²) < 4.78 is 4.84. The molecule has 0 spiro atoms. The number of nitrogens with zero attached hydrogens (tertiary/aromatic N) is 5. The predicted molar refractivity (Wildman–Crippen MR) is 265 cm³/mol. The summed E-state index contributed by atoms with van der Waals surface area (Å²) in [6.07, 6.45) is 0. The molecule has 5 heteroatoms. The lowest BCUT2D eigenvalue weighted by molar-refractivity contribution is 1.07. The highest BCUT2D eigenvalue weighted by molar-refractivity contribution is 6.26. The lowest BCUT2D eigenvalue weighted by Crippen LogP contribution is -2.03. The van der Waals surface area contributed by atoms with Crippen molar-refractivity contribution in [1.82, 2.24) is 24.1 Å². The maximum atomic E-state index is 5.34. The van der Waals surface area contributed by atoms with Gasteiger partial charge >= 0.3 is 0 Å². The fourth-order valence-electron chi connectivity index (χ4n) is 9.74. The van der Waals surface area contributed by atoms with Crippen molar-refractivity contribution in [2.75, 3.05) is 0 Å². The van der Waals surface area contributed by atoms with Crippen LogP contribution in [-0.2, 0) is 0 Å². The molecule has 0 N–H and O–H groups in total. The third-order valence-corrected chi connectivity index (χ3v) is 12.7. The summed E-state index contributed by atoms with van der Waals surface area (Å²) >= 11 is 0. The molecule has 298 valence electrons. The van der Waals surface area contributed by atoms with Gasteiger partial charge in [-0.05, 0) is 87.3 Å². The van der Waals surface area contributed by atoms with E-state index in [2.05, 4.69) is 234 Å². The number of aromatic nitrogens is 5. The molecule has 5 nitrogen and oxygen atoms in total. The van der Waals surface area contributed by atoms with Crippen LogP contribution in [0.25, 0.3) is 122 Å². The van der Waals surface area contributed by atoms with E-state index in [1.807, 2.05) is 0 Å².